The van der Waals surface area contributed by atoms with Crippen molar-refractivity contribution in [3.63, 3.8) is 0 Å². The van der Waals surface area contributed by atoms with Crippen molar-refractivity contribution in [2.24, 2.45) is 28.8 Å². The van der Waals surface area contributed by atoms with Gasteiger partial charge in [0.05, 0.1) is 35.2 Å². The zero-order valence-corrected chi connectivity index (χ0v) is 19.8. The van der Waals surface area contributed by atoms with E-state index in [1.807, 2.05) is 12.2 Å². The Morgan fingerprint density at radius 3 is 2.36 bits per heavy atom. The number of benzene rings is 2. The Balaban J connectivity index is 1.41. The predicted molar refractivity (Wildman–Crippen MR) is 126 cm³/mol. The van der Waals surface area contributed by atoms with Gasteiger partial charge in [-0.1, -0.05) is 53.0 Å². The Hall–Kier alpha value is -2.54. The fourth-order valence-electron chi connectivity index (χ4n) is 4.90. The molecule has 2 amide bonds. The molecule has 5 rings (SSSR count). The highest BCUT2D eigenvalue weighted by molar-refractivity contribution is 6.42. The molecular formula is C24H19Cl3N2O4. The maximum atomic E-state index is 12.9. The fraction of sp³-hybridized carbons (Fsp3) is 0.292. The smallest absolute Gasteiger partial charge is 0.254 e. The quantitative estimate of drug-likeness (QED) is 0.300. The number of amides is 2. The number of methoxy groups -OCH3 is 1. The van der Waals surface area contributed by atoms with E-state index in [1.165, 1.54) is 13.3 Å². The molecule has 0 aromatic heterocycles. The number of hydrogen-bond acceptors (Lipinski definition) is 5. The third-order valence-electron chi connectivity index (χ3n) is 6.39. The van der Waals surface area contributed by atoms with Gasteiger partial charge in [0.1, 0.15) is 6.61 Å². The first-order valence-electron chi connectivity index (χ1n) is 10.4. The van der Waals surface area contributed by atoms with E-state index < -0.39 is 0 Å². The molecule has 6 nitrogen and oxygen atoms in total. The van der Waals surface area contributed by atoms with Crippen molar-refractivity contribution in [2.45, 2.75) is 13.0 Å². The monoisotopic (exact) mass is 504 g/mol. The normalized spacial score (nSPS) is 25.4. The number of hydrogen-bond donors (Lipinski definition) is 0. The van der Waals surface area contributed by atoms with Crippen molar-refractivity contribution in [1.82, 2.24) is 5.01 Å². The number of hydrazone groups is 1. The molecular weight excluding hydrogens is 487 g/mol. The summed E-state index contributed by atoms with van der Waals surface area (Å²) in [6.45, 7) is 0.177. The summed E-state index contributed by atoms with van der Waals surface area (Å²) >= 11 is 18.3. The summed E-state index contributed by atoms with van der Waals surface area (Å²) in [6.07, 6.45) is 6.36. The predicted octanol–water partition coefficient (Wildman–Crippen LogP) is 5.38. The molecule has 9 heteroatoms. The third kappa shape index (κ3) is 3.90. The van der Waals surface area contributed by atoms with Crippen LogP contribution in [0.5, 0.6) is 11.5 Å². The lowest BCUT2D eigenvalue weighted by molar-refractivity contribution is -0.140. The van der Waals surface area contributed by atoms with E-state index in [0.717, 1.165) is 17.0 Å². The Kier molecular flexibility index (Phi) is 5.85. The number of allylic oxidation sites excluding steroid dienone is 2. The lowest BCUT2D eigenvalue weighted by Gasteiger charge is -2.15. The van der Waals surface area contributed by atoms with E-state index in [0.29, 0.717) is 32.1 Å². The lowest BCUT2D eigenvalue weighted by Crippen LogP contribution is -2.28. The van der Waals surface area contributed by atoms with E-state index in [9.17, 15) is 9.59 Å². The van der Waals surface area contributed by atoms with Crippen LogP contribution in [-0.4, -0.2) is 30.1 Å². The van der Waals surface area contributed by atoms with Gasteiger partial charge in [-0.2, -0.15) is 10.1 Å². The molecule has 2 bridgehead atoms. The third-order valence-corrected chi connectivity index (χ3v) is 7.35. The van der Waals surface area contributed by atoms with Crippen LogP contribution < -0.4 is 9.47 Å². The Bertz CT molecular complexity index is 1180. The Morgan fingerprint density at radius 2 is 1.73 bits per heavy atom. The Morgan fingerprint density at radius 1 is 1.03 bits per heavy atom. The number of imide groups is 1. The van der Waals surface area contributed by atoms with Gasteiger partial charge in [0.25, 0.3) is 11.8 Å². The zero-order chi connectivity index (χ0) is 23.3. The molecule has 170 valence electrons. The second kappa shape index (κ2) is 8.67. The van der Waals surface area contributed by atoms with Crippen LogP contribution in [0.1, 0.15) is 17.5 Å². The molecule has 2 aromatic rings. The van der Waals surface area contributed by atoms with E-state index in [1.54, 1.807) is 30.3 Å². The second-order valence-electron chi connectivity index (χ2n) is 8.30. The van der Waals surface area contributed by atoms with Crippen LogP contribution in [0.4, 0.5) is 0 Å². The summed E-state index contributed by atoms with van der Waals surface area (Å²) in [5, 5.41) is 6.49. The first-order valence-corrected chi connectivity index (χ1v) is 11.5. The topological polar surface area (TPSA) is 68.2 Å². The average molecular weight is 506 g/mol. The van der Waals surface area contributed by atoms with Crippen LogP contribution in [0.3, 0.4) is 0 Å². The van der Waals surface area contributed by atoms with Crippen molar-refractivity contribution < 1.29 is 19.1 Å². The highest BCUT2D eigenvalue weighted by Gasteiger charge is 2.59. The van der Waals surface area contributed by atoms with Gasteiger partial charge in [-0.15, -0.1) is 0 Å². The number of ether oxygens (including phenoxy) is 2. The molecule has 1 heterocycles. The first kappa shape index (κ1) is 22.3. The second-order valence-corrected chi connectivity index (χ2v) is 9.55. The summed E-state index contributed by atoms with van der Waals surface area (Å²) in [5.74, 6) is -0.149. The van der Waals surface area contributed by atoms with Gasteiger partial charge in [-0.05, 0) is 42.0 Å². The van der Waals surface area contributed by atoms with E-state index in [4.69, 9.17) is 44.3 Å². The minimum absolute atomic E-state index is 0.119. The van der Waals surface area contributed by atoms with Gasteiger partial charge in [-0.25, -0.2) is 0 Å². The SMILES string of the molecule is COc1cc(Cl)cc(C=NN2C(=O)[C@@H]3[C@H](C2=O)[C@H]2C=C[C@H]3C2)c1OCc1ccc(Cl)c(Cl)c1. The van der Waals surface area contributed by atoms with Crippen LogP contribution >= 0.6 is 34.8 Å². The van der Waals surface area contributed by atoms with Gasteiger partial charge in [0, 0.05) is 16.7 Å². The van der Waals surface area contributed by atoms with Crippen LogP contribution in [0, 0.1) is 23.7 Å². The van der Waals surface area contributed by atoms with Gasteiger partial charge >= 0.3 is 0 Å². The minimum Gasteiger partial charge on any atom is -0.493 e. The molecule has 0 spiro atoms. The highest BCUT2D eigenvalue weighted by Crippen LogP contribution is 2.52. The molecule has 3 aliphatic rings. The summed E-state index contributed by atoms with van der Waals surface area (Å²) in [7, 11) is 1.50. The largest absolute Gasteiger partial charge is 0.493 e. The lowest BCUT2D eigenvalue weighted by atomic mass is 9.85. The van der Waals surface area contributed by atoms with Crippen molar-refractivity contribution in [3.8, 4) is 11.5 Å². The molecule has 2 aromatic carbocycles. The molecule has 0 N–H and O–H groups in total. The van der Waals surface area contributed by atoms with Crippen LogP contribution in [0.2, 0.25) is 15.1 Å². The van der Waals surface area contributed by atoms with Crippen molar-refractivity contribution in [1.29, 1.82) is 0 Å². The average Bonchev–Trinajstić information content (AvgIpc) is 3.47. The molecule has 2 fully saturated rings. The summed E-state index contributed by atoms with van der Waals surface area (Å²) in [5.41, 5.74) is 1.27. The number of halogens is 3. The number of rotatable bonds is 6. The molecule has 2 aliphatic carbocycles. The number of carbonyl (C=O) groups excluding carboxylic acids is 2. The van der Waals surface area contributed by atoms with Crippen LogP contribution in [0.15, 0.2) is 47.6 Å². The summed E-state index contributed by atoms with van der Waals surface area (Å²) < 4.78 is 11.4. The molecule has 4 atom stereocenters. The van der Waals surface area contributed by atoms with Crippen LogP contribution in [0.25, 0.3) is 0 Å². The number of carbonyl (C=O) groups is 2. The van der Waals surface area contributed by atoms with E-state index in [-0.39, 0.29) is 42.1 Å². The minimum atomic E-state index is -0.316. The maximum Gasteiger partial charge on any atom is 0.254 e. The van der Waals surface area contributed by atoms with Crippen molar-refractivity contribution in [2.75, 3.05) is 7.11 Å². The van der Waals surface area contributed by atoms with Crippen molar-refractivity contribution >= 4 is 52.8 Å². The van der Waals surface area contributed by atoms with E-state index >= 15 is 0 Å². The summed E-state index contributed by atoms with van der Waals surface area (Å²) in [6, 6.07) is 8.45. The molecule has 1 aliphatic heterocycles. The first-order chi connectivity index (χ1) is 15.9. The van der Waals surface area contributed by atoms with Gasteiger partial charge in [0.15, 0.2) is 11.5 Å². The molecule has 1 saturated carbocycles. The van der Waals surface area contributed by atoms with Crippen LogP contribution in [-0.2, 0) is 16.2 Å². The maximum absolute atomic E-state index is 12.9. The summed E-state index contributed by atoms with van der Waals surface area (Å²) in [4.78, 5) is 25.8. The highest BCUT2D eigenvalue weighted by atomic mass is 35.5. The Labute approximate surface area is 205 Å². The van der Waals surface area contributed by atoms with Gasteiger partial charge < -0.3 is 9.47 Å². The standard InChI is InChI=1S/C24H19Cl3N2O4/c1-32-19-9-16(25)8-15(22(19)33-11-12-2-5-17(26)18(27)6-12)10-28-29-23(30)20-13-3-4-14(7-13)21(20)24(29)31/h2-6,8-10,13-14,20-21H,7,11H2,1H3/t13-,14-,20-,21+/m0/s1. The number of fused-ring (bicyclic) bond motifs is 5. The fourth-order valence-corrected chi connectivity index (χ4v) is 5.43. The van der Waals surface area contributed by atoms with Gasteiger partial charge in [-0.3, -0.25) is 9.59 Å². The number of nitrogens with zero attached hydrogens (tertiary/aromatic N) is 2. The molecule has 0 radical (unpaired) electrons. The molecule has 33 heavy (non-hydrogen) atoms. The molecule has 0 unspecified atom stereocenters. The zero-order valence-electron chi connectivity index (χ0n) is 17.5. The van der Waals surface area contributed by atoms with Crippen molar-refractivity contribution in [3.05, 3.63) is 68.7 Å². The van der Waals surface area contributed by atoms with E-state index in [2.05, 4.69) is 5.10 Å². The molecule has 1 saturated heterocycles. The van der Waals surface area contributed by atoms with Gasteiger partial charge in [0.2, 0.25) is 0 Å².